The number of anilines is 1. The van der Waals surface area contributed by atoms with E-state index in [4.69, 9.17) is 9.84 Å². The fraction of sp³-hybridized carbons (Fsp3) is 0.605. The SMILES string of the molecule is CC1(C)CC[C@]2(C(=O)O)CC[C@]3(COC(=O)C=Cc4cc(O)c(O)cc4NC(=O)C=CC(=O)O)C(=CC[C@@H]4[C@@]5(C)CCC(=O)C(C)(C)C5CC[C@]43C)[C@H]2C1. The van der Waals surface area contributed by atoms with E-state index < -0.39 is 51.6 Å². The third-order valence-electron chi connectivity index (χ3n) is 15.1. The van der Waals surface area contributed by atoms with Gasteiger partial charge in [0.25, 0.3) is 0 Å². The highest BCUT2D eigenvalue weighted by atomic mass is 16.5. The van der Waals surface area contributed by atoms with E-state index in [1.54, 1.807) is 0 Å². The van der Waals surface area contributed by atoms with Gasteiger partial charge in [-0.2, -0.15) is 0 Å². The zero-order valence-corrected chi connectivity index (χ0v) is 32.3. The maximum atomic E-state index is 13.7. The van der Waals surface area contributed by atoms with Crippen LogP contribution < -0.4 is 5.32 Å². The lowest BCUT2D eigenvalue weighted by Gasteiger charge is -2.70. The fourth-order valence-electron chi connectivity index (χ4n) is 12.1. The van der Waals surface area contributed by atoms with E-state index in [9.17, 15) is 39.3 Å². The molecule has 11 heteroatoms. The second-order valence-corrected chi connectivity index (χ2v) is 18.6. The number of hydrogen-bond donors (Lipinski definition) is 5. The standard InChI is InChI=1S/C43H55NO10/c1-38(2)17-18-42(37(52)53)19-20-43(24-54-36(51)12-7-25-21-29(45)30(46)22-28(25)44-34(48)10-11-35(49)50)26(27(42)23-38)8-9-32-40(5)15-14-33(47)39(3,4)31(40)13-16-41(32,43)6/h7-8,10-12,21-22,27,31-32,45-46H,9,13-20,23-24H2,1-6H3,(H,44,48)(H,49,50)(H,52,53)/t27-,31?,32-,40+,41-,42+,43+/m1/s1. The maximum Gasteiger partial charge on any atom is 0.330 e. The van der Waals surface area contributed by atoms with Crippen LogP contribution in [0.15, 0.2) is 42.0 Å². The number of esters is 1. The van der Waals surface area contributed by atoms with E-state index in [1.807, 2.05) is 0 Å². The second kappa shape index (κ2) is 13.4. The Bertz CT molecular complexity index is 1870. The van der Waals surface area contributed by atoms with Crippen LogP contribution in [0.5, 0.6) is 11.5 Å². The van der Waals surface area contributed by atoms with Crippen molar-refractivity contribution in [2.45, 2.75) is 106 Å². The minimum Gasteiger partial charge on any atom is -0.504 e. The number of allylic oxidation sites excluding steroid dienone is 1. The number of ether oxygens (including phenoxy) is 1. The Labute approximate surface area is 316 Å². The molecule has 0 spiro atoms. The van der Waals surface area contributed by atoms with Crippen molar-refractivity contribution in [3.05, 3.63) is 47.6 Å². The summed E-state index contributed by atoms with van der Waals surface area (Å²) >= 11 is 0. The predicted molar refractivity (Wildman–Crippen MR) is 201 cm³/mol. The summed E-state index contributed by atoms with van der Waals surface area (Å²) in [6.07, 6.45) is 13.2. The number of aromatic hydroxyl groups is 2. The summed E-state index contributed by atoms with van der Waals surface area (Å²) in [5.74, 6) is -4.09. The molecule has 1 amide bonds. The number of phenolic OH excluding ortho intramolecular Hbond substituents is 2. The van der Waals surface area contributed by atoms with Gasteiger partial charge in [0.05, 0.1) is 11.1 Å². The van der Waals surface area contributed by atoms with Crippen molar-refractivity contribution in [2.24, 2.45) is 50.2 Å². The van der Waals surface area contributed by atoms with Crippen LogP contribution >= 0.6 is 0 Å². The van der Waals surface area contributed by atoms with Crippen molar-refractivity contribution in [3.63, 3.8) is 0 Å². The molecule has 0 saturated heterocycles. The summed E-state index contributed by atoms with van der Waals surface area (Å²) in [5, 5.41) is 42.5. The topological polar surface area (TPSA) is 188 Å². The third-order valence-corrected chi connectivity index (χ3v) is 15.1. The molecule has 5 aliphatic rings. The average Bonchev–Trinajstić information content (AvgIpc) is 3.08. The van der Waals surface area contributed by atoms with Gasteiger partial charge < -0.3 is 30.5 Å². The number of nitrogens with one attached hydrogen (secondary N) is 1. The van der Waals surface area contributed by atoms with Crippen LogP contribution in [-0.2, 0) is 28.7 Å². The van der Waals surface area contributed by atoms with E-state index in [0.29, 0.717) is 37.5 Å². The molecular weight excluding hydrogens is 690 g/mol. The normalized spacial score (nSPS) is 35.2. The number of phenols is 2. The Balaban J connectivity index is 1.36. The monoisotopic (exact) mass is 745 g/mol. The summed E-state index contributed by atoms with van der Waals surface area (Å²) < 4.78 is 6.23. The van der Waals surface area contributed by atoms with Crippen molar-refractivity contribution < 1.29 is 49.1 Å². The number of benzene rings is 1. The lowest BCUT2D eigenvalue weighted by atomic mass is 9.33. The highest BCUT2D eigenvalue weighted by Crippen LogP contribution is 2.75. The van der Waals surface area contributed by atoms with Crippen molar-refractivity contribution in [2.75, 3.05) is 11.9 Å². The van der Waals surface area contributed by atoms with Crippen molar-refractivity contribution in [3.8, 4) is 11.5 Å². The zero-order chi connectivity index (χ0) is 39.6. The number of carboxylic acids is 2. The Hall–Kier alpha value is -4.41. The largest absolute Gasteiger partial charge is 0.504 e. The second-order valence-electron chi connectivity index (χ2n) is 18.6. The zero-order valence-electron chi connectivity index (χ0n) is 32.3. The summed E-state index contributed by atoms with van der Waals surface area (Å²) in [6.45, 7) is 13.3. The molecule has 4 fully saturated rings. The summed E-state index contributed by atoms with van der Waals surface area (Å²) in [7, 11) is 0. The van der Waals surface area contributed by atoms with Gasteiger partial charge >= 0.3 is 17.9 Å². The maximum absolute atomic E-state index is 13.7. The molecule has 0 radical (unpaired) electrons. The smallest absolute Gasteiger partial charge is 0.330 e. The summed E-state index contributed by atoms with van der Waals surface area (Å²) in [4.78, 5) is 63.4. The number of fused-ring (bicyclic) bond motifs is 7. The molecule has 54 heavy (non-hydrogen) atoms. The molecule has 0 aromatic heterocycles. The first-order valence-electron chi connectivity index (χ1n) is 19.2. The van der Waals surface area contributed by atoms with Gasteiger partial charge in [-0.1, -0.05) is 53.2 Å². The van der Waals surface area contributed by atoms with Gasteiger partial charge in [-0.25, -0.2) is 9.59 Å². The van der Waals surface area contributed by atoms with Crippen LogP contribution in [-0.4, -0.2) is 56.6 Å². The summed E-state index contributed by atoms with van der Waals surface area (Å²) in [5.41, 5.74) is -1.23. The van der Waals surface area contributed by atoms with E-state index in [0.717, 1.165) is 62.3 Å². The number of hydrogen-bond acceptors (Lipinski definition) is 8. The van der Waals surface area contributed by atoms with Gasteiger partial charge in [0, 0.05) is 47.1 Å². The van der Waals surface area contributed by atoms with Crippen LogP contribution in [0.3, 0.4) is 0 Å². The van der Waals surface area contributed by atoms with Crippen LogP contribution in [0.2, 0.25) is 0 Å². The molecule has 0 heterocycles. The molecule has 7 atom stereocenters. The highest BCUT2D eigenvalue weighted by molar-refractivity contribution is 6.04. The Kier molecular flexibility index (Phi) is 9.76. The molecule has 1 aromatic carbocycles. The minimum absolute atomic E-state index is 0.0249. The first-order chi connectivity index (χ1) is 25.1. The Morgan fingerprint density at radius 2 is 1.56 bits per heavy atom. The third kappa shape index (κ3) is 6.25. The number of aliphatic carboxylic acids is 2. The molecule has 292 valence electrons. The highest BCUT2D eigenvalue weighted by Gasteiger charge is 2.71. The quantitative estimate of drug-likeness (QED) is 0.0581. The number of carbonyl (C=O) groups is 5. The van der Waals surface area contributed by atoms with Crippen LogP contribution in [0.25, 0.3) is 6.08 Å². The van der Waals surface area contributed by atoms with Gasteiger partial charge in [0.1, 0.15) is 12.4 Å². The van der Waals surface area contributed by atoms with E-state index in [1.165, 1.54) is 12.2 Å². The lowest BCUT2D eigenvalue weighted by Crippen LogP contribution is -2.66. The van der Waals surface area contributed by atoms with Crippen molar-refractivity contribution in [1.29, 1.82) is 0 Å². The molecule has 1 unspecified atom stereocenters. The lowest BCUT2D eigenvalue weighted by molar-refractivity contribution is -0.202. The molecule has 0 aliphatic heterocycles. The van der Waals surface area contributed by atoms with Gasteiger partial charge in [0.2, 0.25) is 5.91 Å². The predicted octanol–water partition coefficient (Wildman–Crippen LogP) is 7.67. The average molecular weight is 746 g/mol. The number of Topliss-reactive ketones (excluding diaryl/α,β-unsaturated/α-hetero) is 1. The Morgan fingerprint density at radius 3 is 2.24 bits per heavy atom. The van der Waals surface area contributed by atoms with Gasteiger partial charge in [-0.15, -0.1) is 0 Å². The number of carbonyl (C=O) groups excluding carboxylic acids is 3. The van der Waals surface area contributed by atoms with Crippen LogP contribution in [0.1, 0.15) is 111 Å². The molecular formula is C43H55NO10. The van der Waals surface area contributed by atoms with Gasteiger partial charge in [-0.05, 0) is 104 Å². The van der Waals surface area contributed by atoms with Crippen LogP contribution in [0.4, 0.5) is 5.69 Å². The van der Waals surface area contributed by atoms with E-state index >= 15 is 0 Å². The molecule has 0 bridgehead atoms. The molecule has 11 nitrogen and oxygen atoms in total. The molecule has 1 aromatic rings. The molecule has 4 saturated carbocycles. The van der Waals surface area contributed by atoms with E-state index in [-0.39, 0.29) is 51.9 Å². The molecule has 6 rings (SSSR count). The number of rotatable bonds is 8. The number of amides is 1. The fourth-order valence-corrected chi connectivity index (χ4v) is 12.1. The number of ketones is 1. The van der Waals surface area contributed by atoms with Gasteiger partial charge in [-0.3, -0.25) is 14.4 Å². The van der Waals surface area contributed by atoms with Crippen molar-refractivity contribution in [1.82, 2.24) is 0 Å². The minimum atomic E-state index is -1.32. The Morgan fingerprint density at radius 1 is 0.870 bits per heavy atom. The first-order valence-corrected chi connectivity index (χ1v) is 19.2. The van der Waals surface area contributed by atoms with Crippen molar-refractivity contribution >= 4 is 41.4 Å². The molecule has 5 N–H and O–H groups in total. The molecule has 5 aliphatic carbocycles. The summed E-state index contributed by atoms with van der Waals surface area (Å²) in [6, 6.07) is 2.25. The number of carboxylic acid groups (broad SMARTS) is 2. The first kappa shape index (κ1) is 39.3. The van der Waals surface area contributed by atoms with Gasteiger partial charge in [0.15, 0.2) is 11.5 Å². The van der Waals surface area contributed by atoms with E-state index in [2.05, 4.69) is 52.9 Å². The van der Waals surface area contributed by atoms with Crippen LogP contribution in [0, 0.1) is 50.2 Å².